The number of nitro benzene ring substituents is 1. The average molecular weight is 268 g/mol. The van der Waals surface area contributed by atoms with Gasteiger partial charge in [-0.25, -0.2) is 0 Å². The highest BCUT2D eigenvalue weighted by Gasteiger charge is 2.27. The summed E-state index contributed by atoms with van der Waals surface area (Å²) in [6.07, 6.45) is 1.25. The first kappa shape index (κ1) is 15.2. The van der Waals surface area contributed by atoms with Crippen molar-refractivity contribution < 1.29 is 14.8 Å². The van der Waals surface area contributed by atoms with Crippen molar-refractivity contribution in [2.75, 3.05) is 19.0 Å². The molecule has 1 aromatic carbocycles. The Labute approximate surface area is 112 Å². The van der Waals surface area contributed by atoms with Crippen molar-refractivity contribution in [3.8, 4) is 5.75 Å². The Balaban J connectivity index is 3.16. The van der Waals surface area contributed by atoms with Crippen molar-refractivity contribution in [2.45, 2.75) is 32.2 Å². The van der Waals surface area contributed by atoms with Crippen LogP contribution in [0.25, 0.3) is 0 Å². The number of benzene rings is 1. The van der Waals surface area contributed by atoms with Gasteiger partial charge in [0.25, 0.3) is 0 Å². The van der Waals surface area contributed by atoms with Gasteiger partial charge in [0.1, 0.15) is 5.69 Å². The lowest BCUT2D eigenvalue weighted by Gasteiger charge is -2.30. The van der Waals surface area contributed by atoms with E-state index in [1.165, 1.54) is 7.11 Å². The zero-order valence-electron chi connectivity index (χ0n) is 11.5. The molecular weight excluding hydrogens is 248 g/mol. The van der Waals surface area contributed by atoms with E-state index in [1.807, 2.05) is 13.8 Å². The predicted molar refractivity (Wildman–Crippen MR) is 73.7 cm³/mol. The number of nitrogens with zero attached hydrogens (tertiary/aromatic N) is 1. The Morgan fingerprint density at radius 1 is 1.53 bits per heavy atom. The highest BCUT2D eigenvalue weighted by Crippen LogP contribution is 2.36. The van der Waals surface area contributed by atoms with E-state index < -0.39 is 10.5 Å². The van der Waals surface area contributed by atoms with Crippen LogP contribution in [-0.4, -0.2) is 29.3 Å². The van der Waals surface area contributed by atoms with E-state index in [4.69, 9.17) is 9.84 Å². The lowest BCUT2D eigenvalue weighted by Crippen LogP contribution is -2.35. The summed E-state index contributed by atoms with van der Waals surface area (Å²) in [5.41, 5.74) is -0.0731. The quantitative estimate of drug-likeness (QED) is 0.586. The molecule has 0 aromatic heterocycles. The van der Waals surface area contributed by atoms with Gasteiger partial charge in [-0.3, -0.25) is 10.1 Å². The van der Waals surface area contributed by atoms with Gasteiger partial charge in [0.15, 0.2) is 5.75 Å². The molecule has 1 aromatic rings. The van der Waals surface area contributed by atoms with E-state index in [9.17, 15) is 10.1 Å². The monoisotopic (exact) mass is 268 g/mol. The molecule has 0 amide bonds. The minimum atomic E-state index is -0.462. The van der Waals surface area contributed by atoms with Crippen LogP contribution in [0.2, 0.25) is 0 Å². The van der Waals surface area contributed by atoms with Crippen LogP contribution in [0.4, 0.5) is 11.4 Å². The number of rotatable bonds is 7. The van der Waals surface area contributed by atoms with Gasteiger partial charge in [-0.05, 0) is 31.9 Å². The van der Waals surface area contributed by atoms with Gasteiger partial charge >= 0.3 is 5.69 Å². The summed E-state index contributed by atoms with van der Waals surface area (Å²) in [5, 5.41) is 23.4. The number of aliphatic hydroxyl groups excluding tert-OH is 1. The molecule has 0 heterocycles. The number of anilines is 1. The molecule has 0 aliphatic rings. The van der Waals surface area contributed by atoms with Crippen molar-refractivity contribution >= 4 is 11.4 Å². The van der Waals surface area contributed by atoms with Gasteiger partial charge in [0, 0.05) is 12.1 Å². The molecule has 0 spiro atoms. The predicted octanol–water partition coefficient (Wildman–Crippen LogP) is 2.57. The van der Waals surface area contributed by atoms with Crippen LogP contribution in [0, 0.1) is 10.1 Å². The Morgan fingerprint density at radius 2 is 2.21 bits per heavy atom. The molecule has 0 saturated carbocycles. The first-order chi connectivity index (χ1) is 8.97. The van der Waals surface area contributed by atoms with Crippen LogP contribution in [0.1, 0.15) is 26.7 Å². The van der Waals surface area contributed by atoms with Crippen LogP contribution in [0.5, 0.6) is 5.75 Å². The number of hydrogen-bond donors (Lipinski definition) is 2. The maximum atomic E-state index is 11.2. The molecule has 0 bridgehead atoms. The number of methoxy groups -OCH3 is 1. The number of aliphatic hydroxyl groups is 1. The summed E-state index contributed by atoms with van der Waals surface area (Å²) >= 11 is 0. The maximum absolute atomic E-state index is 11.2. The van der Waals surface area contributed by atoms with Crippen molar-refractivity contribution in [2.24, 2.45) is 0 Å². The molecule has 6 nitrogen and oxygen atoms in total. The van der Waals surface area contributed by atoms with E-state index in [-0.39, 0.29) is 18.0 Å². The smallest absolute Gasteiger partial charge is 0.333 e. The van der Waals surface area contributed by atoms with Gasteiger partial charge in [-0.2, -0.15) is 0 Å². The third kappa shape index (κ3) is 3.57. The number of ether oxygens (including phenoxy) is 1. The minimum Gasteiger partial charge on any atom is -0.490 e. The van der Waals surface area contributed by atoms with Crippen molar-refractivity contribution in [1.29, 1.82) is 0 Å². The maximum Gasteiger partial charge on any atom is 0.333 e. The van der Waals surface area contributed by atoms with E-state index in [2.05, 4.69) is 5.32 Å². The Bertz CT molecular complexity index is 450. The highest BCUT2D eigenvalue weighted by molar-refractivity contribution is 5.69. The number of hydrogen-bond acceptors (Lipinski definition) is 5. The molecule has 19 heavy (non-hydrogen) atoms. The Hall–Kier alpha value is -1.82. The first-order valence-corrected chi connectivity index (χ1v) is 6.18. The number of nitro groups is 1. The molecule has 0 radical (unpaired) electrons. The second-order valence-corrected chi connectivity index (χ2v) is 4.63. The van der Waals surface area contributed by atoms with Crippen LogP contribution < -0.4 is 10.1 Å². The minimum absolute atomic E-state index is 0.0229. The molecule has 0 aliphatic heterocycles. The van der Waals surface area contributed by atoms with E-state index in [0.717, 1.165) is 6.42 Å². The summed E-state index contributed by atoms with van der Waals surface area (Å²) in [6, 6.07) is 4.90. The van der Waals surface area contributed by atoms with E-state index in [0.29, 0.717) is 12.1 Å². The van der Waals surface area contributed by atoms with Gasteiger partial charge in [0.05, 0.1) is 12.0 Å². The van der Waals surface area contributed by atoms with E-state index in [1.54, 1.807) is 18.2 Å². The summed E-state index contributed by atoms with van der Waals surface area (Å²) in [7, 11) is 1.40. The molecule has 2 N–H and O–H groups in total. The standard InChI is InChI=1S/C13H20N2O4/c1-4-13(2,8-9-16)14-10-6-5-7-11(19-3)12(10)15(17)18/h5-7,14,16H,4,8-9H2,1-3H3. The van der Waals surface area contributed by atoms with Crippen LogP contribution in [-0.2, 0) is 0 Å². The van der Waals surface area contributed by atoms with Crippen molar-refractivity contribution in [3.63, 3.8) is 0 Å². The number of nitrogens with one attached hydrogen (secondary N) is 1. The SMILES string of the molecule is CCC(C)(CCO)Nc1cccc(OC)c1[N+](=O)[O-]. The normalized spacial score (nSPS) is 13.7. The summed E-state index contributed by atoms with van der Waals surface area (Å²) in [4.78, 5) is 10.7. The average Bonchev–Trinajstić information content (AvgIpc) is 2.38. The van der Waals surface area contributed by atoms with Crippen LogP contribution >= 0.6 is 0 Å². The van der Waals surface area contributed by atoms with Crippen molar-refractivity contribution in [3.05, 3.63) is 28.3 Å². The second-order valence-electron chi connectivity index (χ2n) is 4.63. The molecule has 0 fully saturated rings. The van der Waals surface area contributed by atoms with E-state index >= 15 is 0 Å². The molecule has 0 aliphatic carbocycles. The summed E-state index contributed by atoms with van der Waals surface area (Å²) < 4.78 is 5.02. The van der Waals surface area contributed by atoms with Gasteiger partial charge < -0.3 is 15.2 Å². The third-order valence-electron chi connectivity index (χ3n) is 3.28. The fourth-order valence-corrected chi connectivity index (χ4v) is 1.88. The fourth-order valence-electron chi connectivity index (χ4n) is 1.88. The zero-order chi connectivity index (χ0) is 14.5. The number of para-hydroxylation sites is 1. The topological polar surface area (TPSA) is 84.6 Å². The Morgan fingerprint density at radius 3 is 2.68 bits per heavy atom. The Kier molecular flexibility index (Phi) is 5.11. The first-order valence-electron chi connectivity index (χ1n) is 6.18. The summed E-state index contributed by atoms with van der Waals surface area (Å²) in [6.45, 7) is 3.91. The van der Waals surface area contributed by atoms with Gasteiger partial charge in [-0.15, -0.1) is 0 Å². The second kappa shape index (κ2) is 6.38. The lowest BCUT2D eigenvalue weighted by atomic mass is 9.94. The molecule has 106 valence electrons. The van der Waals surface area contributed by atoms with Crippen LogP contribution in [0.3, 0.4) is 0 Å². The molecule has 1 rings (SSSR count). The third-order valence-corrected chi connectivity index (χ3v) is 3.28. The summed E-state index contributed by atoms with van der Waals surface area (Å²) in [5.74, 6) is 0.220. The zero-order valence-corrected chi connectivity index (χ0v) is 11.5. The fraction of sp³-hybridized carbons (Fsp3) is 0.538. The van der Waals surface area contributed by atoms with Crippen LogP contribution in [0.15, 0.2) is 18.2 Å². The van der Waals surface area contributed by atoms with Gasteiger partial charge in [0.2, 0.25) is 0 Å². The molecular formula is C13H20N2O4. The van der Waals surface area contributed by atoms with Crippen molar-refractivity contribution in [1.82, 2.24) is 0 Å². The molecule has 1 atom stereocenters. The molecule has 1 unspecified atom stereocenters. The lowest BCUT2D eigenvalue weighted by molar-refractivity contribution is -0.384. The molecule has 6 heteroatoms. The largest absolute Gasteiger partial charge is 0.490 e. The molecule has 0 saturated heterocycles. The van der Waals surface area contributed by atoms with Gasteiger partial charge in [-0.1, -0.05) is 13.0 Å². The highest BCUT2D eigenvalue weighted by atomic mass is 16.6.